The highest BCUT2D eigenvalue weighted by molar-refractivity contribution is 5.92. The summed E-state index contributed by atoms with van der Waals surface area (Å²) in [5.74, 6) is -0.832. The predicted octanol–water partition coefficient (Wildman–Crippen LogP) is 3.25. The average Bonchev–Trinajstić information content (AvgIpc) is 3.05. The Labute approximate surface area is 136 Å². The smallest absolute Gasteiger partial charge is 0.342 e. The summed E-state index contributed by atoms with van der Waals surface area (Å²) in [6.07, 6.45) is 0. The number of esters is 1. The molecule has 3 aromatic rings. The highest BCUT2D eigenvalue weighted by Gasteiger charge is 2.16. The summed E-state index contributed by atoms with van der Waals surface area (Å²) in [6, 6.07) is 10.4. The van der Waals surface area contributed by atoms with Crippen molar-refractivity contribution in [2.75, 3.05) is 0 Å². The van der Waals surface area contributed by atoms with Crippen molar-refractivity contribution in [1.29, 1.82) is 0 Å². The quantitative estimate of drug-likeness (QED) is 0.740. The van der Waals surface area contributed by atoms with E-state index in [1.807, 2.05) is 0 Å². The Hall–Kier alpha value is -3.22. The first kappa shape index (κ1) is 15.7. The van der Waals surface area contributed by atoms with E-state index in [1.54, 1.807) is 19.1 Å². The molecule has 24 heavy (non-hydrogen) atoms. The number of para-hydroxylation sites is 1. The lowest BCUT2D eigenvalue weighted by Gasteiger charge is -2.05. The van der Waals surface area contributed by atoms with Crippen LogP contribution in [0.5, 0.6) is 5.75 Å². The molecule has 3 rings (SSSR count). The predicted molar refractivity (Wildman–Crippen MR) is 81.7 cm³/mol. The van der Waals surface area contributed by atoms with E-state index in [0.717, 1.165) is 0 Å². The summed E-state index contributed by atoms with van der Waals surface area (Å²) in [4.78, 5) is 16.1. The molecule has 0 radical (unpaired) electrons. The number of nitrogens with zero attached hydrogens (tertiary/aromatic N) is 2. The van der Waals surface area contributed by atoms with Gasteiger partial charge in [0, 0.05) is 5.56 Å². The van der Waals surface area contributed by atoms with Crippen molar-refractivity contribution in [2.45, 2.75) is 13.5 Å². The third-order valence-electron chi connectivity index (χ3n) is 3.35. The van der Waals surface area contributed by atoms with Gasteiger partial charge in [-0.15, -0.1) is 0 Å². The molecule has 0 spiro atoms. The molecule has 1 heterocycles. The van der Waals surface area contributed by atoms with Gasteiger partial charge in [0.1, 0.15) is 17.1 Å². The van der Waals surface area contributed by atoms with Gasteiger partial charge in [0.15, 0.2) is 6.61 Å². The van der Waals surface area contributed by atoms with Gasteiger partial charge in [-0.25, -0.2) is 9.18 Å². The molecule has 0 saturated carbocycles. The van der Waals surface area contributed by atoms with Crippen molar-refractivity contribution in [3.63, 3.8) is 0 Å². The van der Waals surface area contributed by atoms with E-state index in [2.05, 4.69) is 10.1 Å². The van der Waals surface area contributed by atoms with Crippen LogP contribution in [0.15, 0.2) is 47.0 Å². The van der Waals surface area contributed by atoms with E-state index >= 15 is 0 Å². The van der Waals surface area contributed by atoms with Crippen molar-refractivity contribution in [1.82, 2.24) is 10.1 Å². The summed E-state index contributed by atoms with van der Waals surface area (Å²) < 4.78 is 23.0. The van der Waals surface area contributed by atoms with Crippen LogP contribution in [0.25, 0.3) is 11.4 Å². The highest BCUT2D eigenvalue weighted by Crippen LogP contribution is 2.22. The number of carbonyl (C=O) groups is 1. The van der Waals surface area contributed by atoms with E-state index in [1.165, 1.54) is 30.3 Å². The number of aromatic nitrogens is 2. The van der Waals surface area contributed by atoms with Crippen LogP contribution >= 0.6 is 0 Å². The number of aromatic hydroxyl groups is 1. The lowest BCUT2D eigenvalue weighted by atomic mass is 10.1. The number of halogens is 1. The fourth-order valence-electron chi connectivity index (χ4n) is 2.06. The summed E-state index contributed by atoms with van der Waals surface area (Å²) in [6.45, 7) is 1.44. The lowest BCUT2D eigenvalue weighted by Crippen LogP contribution is -2.06. The standard InChI is InChI=1S/C17H13FN2O4/c1-10-3-2-4-13(15(10)21)17(22)23-9-14-19-16(20-24-14)11-5-7-12(18)8-6-11/h2-8,21H,9H2,1H3. The van der Waals surface area contributed by atoms with Crippen molar-refractivity contribution < 1.29 is 23.6 Å². The first-order chi connectivity index (χ1) is 11.5. The number of ether oxygens (including phenoxy) is 1. The lowest BCUT2D eigenvalue weighted by molar-refractivity contribution is 0.0426. The fourth-order valence-corrected chi connectivity index (χ4v) is 2.06. The monoisotopic (exact) mass is 328 g/mol. The van der Waals surface area contributed by atoms with Gasteiger partial charge in [-0.2, -0.15) is 4.98 Å². The molecule has 0 bridgehead atoms. The van der Waals surface area contributed by atoms with Crippen LogP contribution in [0, 0.1) is 12.7 Å². The molecule has 1 N–H and O–H groups in total. The minimum Gasteiger partial charge on any atom is -0.507 e. The van der Waals surface area contributed by atoms with Gasteiger partial charge in [0.2, 0.25) is 5.82 Å². The Bertz CT molecular complexity index is 875. The average molecular weight is 328 g/mol. The SMILES string of the molecule is Cc1cccc(C(=O)OCc2nc(-c3ccc(F)cc3)no2)c1O. The van der Waals surface area contributed by atoms with Crippen molar-refractivity contribution in [3.8, 4) is 17.1 Å². The van der Waals surface area contributed by atoms with E-state index in [9.17, 15) is 14.3 Å². The zero-order valence-electron chi connectivity index (χ0n) is 12.7. The second kappa shape index (κ2) is 6.49. The van der Waals surface area contributed by atoms with Crippen molar-refractivity contribution >= 4 is 5.97 Å². The first-order valence-electron chi connectivity index (χ1n) is 7.09. The summed E-state index contributed by atoms with van der Waals surface area (Å²) in [5.41, 5.74) is 1.21. The van der Waals surface area contributed by atoms with Crippen LogP contribution in [-0.2, 0) is 11.3 Å². The van der Waals surface area contributed by atoms with Crippen LogP contribution < -0.4 is 0 Å². The number of phenols is 1. The topological polar surface area (TPSA) is 85.5 Å². The summed E-state index contributed by atoms with van der Waals surface area (Å²) in [7, 11) is 0. The second-order valence-corrected chi connectivity index (χ2v) is 5.07. The molecule has 0 aliphatic heterocycles. The molecule has 7 heteroatoms. The van der Waals surface area contributed by atoms with E-state index in [-0.39, 0.29) is 35.5 Å². The van der Waals surface area contributed by atoms with Crippen LogP contribution in [0.3, 0.4) is 0 Å². The molecule has 1 aromatic heterocycles. The van der Waals surface area contributed by atoms with Gasteiger partial charge in [-0.05, 0) is 42.8 Å². The largest absolute Gasteiger partial charge is 0.507 e. The second-order valence-electron chi connectivity index (χ2n) is 5.07. The first-order valence-corrected chi connectivity index (χ1v) is 7.09. The number of benzene rings is 2. The number of hydrogen-bond acceptors (Lipinski definition) is 6. The zero-order valence-corrected chi connectivity index (χ0v) is 12.7. The zero-order chi connectivity index (χ0) is 17.1. The van der Waals surface area contributed by atoms with Gasteiger partial charge >= 0.3 is 5.97 Å². The molecule has 0 aliphatic rings. The number of phenolic OH excluding ortho intramolecular Hbond substituents is 1. The Kier molecular flexibility index (Phi) is 4.24. The Morgan fingerprint density at radius 1 is 1.25 bits per heavy atom. The van der Waals surface area contributed by atoms with Gasteiger partial charge < -0.3 is 14.4 Å². The van der Waals surface area contributed by atoms with Gasteiger partial charge in [-0.1, -0.05) is 17.3 Å². The molecule has 0 saturated heterocycles. The number of carbonyl (C=O) groups excluding carboxylic acids is 1. The molecule has 0 fully saturated rings. The van der Waals surface area contributed by atoms with E-state index in [0.29, 0.717) is 11.1 Å². The third kappa shape index (κ3) is 3.24. The fraction of sp³-hybridized carbons (Fsp3) is 0.118. The van der Waals surface area contributed by atoms with E-state index < -0.39 is 5.97 Å². The minimum atomic E-state index is -0.697. The van der Waals surface area contributed by atoms with Crippen LogP contribution in [0.1, 0.15) is 21.8 Å². The Morgan fingerprint density at radius 2 is 2.00 bits per heavy atom. The number of rotatable bonds is 4. The molecular weight excluding hydrogens is 315 g/mol. The molecule has 2 aromatic carbocycles. The van der Waals surface area contributed by atoms with Crippen LogP contribution in [-0.4, -0.2) is 21.2 Å². The van der Waals surface area contributed by atoms with E-state index in [4.69, 9.17) is 9.26 Å². The molecule has 0 atom stereocenters. The van der Waals surface area contributed by atoms with Crippen LogP contribution in [0.4, 0.5) is 4.39 Å². The molecular formula is C17H13FN2O4. The normalized spacial score (nSPS) is 10.6. The number of hydrogen-bond donors (Lipinski definition) is 1. The highest BCUT2D eigenvalue weighted by atomic mass is 19.1. The molecule has 6 nitrogen and oxygen atoms in total. The summed E-state index contributed by atoms with van der Waals surface area (Å²) >= 11 is 0. The maximum absolute atomic E-state index is 12.9. The van der Waals surface area contributed by atoms with Gasteiger partial charge in [0.25, 0.3) is 5.89 Å². The number of aryl methyl sites for hydroxylation is 1. The third-order valence-corrected chi connectivity index (χ3v) is 3.35. The molecule has 0 unspecified atom stereocenters. The molecule has 122 valence electrons. The maximum atomic E-state index is 12.9. The van der Waals surface area contributed by atoms with Gasteiger partial charge in [0.05, 0.1) is 0 Å². The van der Waals surface area contributed by atoms with Crippen molar-refractivity contribution in [3.05, 3.63) is 65.3 Å². The van der Waals surface area contributed by atoms with Gasteiger partial charge in [-0.3, -0.25) is 0 Å². The minimum absolute atomic E-state index is 0.0632. The van der Waals surface area contributed by atoms with Crippen LogP contribution in [0.2, 0.25) is 0 Å². The Balaban J connectivity index is 1.68. The summed E-state index contributed by atoms with van der Waals surface area (Å²) in [5, 5.41) is 13.6. The molecule has 0 amide bonds. The van der Waals surface area contributed by atoms with Crippen molar-refractivity contribution in [2.24, 2.45) is 0 Å². The maximum Gasteiger partial charge on any atom is 0.342 e. The molecule has 0 aliphatic carbocycles. The Morgan fingerprint density at radius 3 is 2.75 bits per heavy atom.